The third kappa shape index (κ3) is 2.68. The summed E-state index contributed by atoms with van der Waals surface area (Å²) in [6.45, 7) is 5.49. The maximum absolute atomic E-state index is 11.9. The molecule has 1 amide bonds. The fraction of sp³-hybridized carbons (Fsp3) is 0.133. The topological polar surface area (TPSA) is 75.3 Å². The van der Waals surface area contributed by atoms with Gasteiger partial charge < -0.3 is 16.2 Å². The number of hydrogen-bond donors (Lipinski definition) is 3. The van der Waals surface area contributed by atoms with E-state index in [9.17, 15) is 9.90 Å². The molecule has 1 aliphatic heterocycles. The summed E-state index contributed by atoms with van der Waals surface area (Å²) in [5.41, 5.74) is 9.51. The number of phenolic OH excluding ortho intramolecular Hbond substituents is 1. The molecule has 0 saturated heterocycles. The first-order chi connectivity index (χ1) is 9.01. The second-order valence-electron chi connectivity index (χ2n) is 4.45. The van der Waals surface area contributed by atoms with Crippen LogP contribution in [0, 0.1) is 0 Å². The van der Waals surface area contributed by atoms with Crippen LogP contribution >= 0.6 is 0 Å². The largest absolute Gasteiger partial charge is 0.508 e. The molecule has 1 aliphatic rings. The number of benzene rings is 1. The Hall–Kier alpha value is -2.49. The molecule has 4 N–H and O–H groups in total. The molecular weight excluding hydrogens is 240 g/mol. The van der Waals surface area contributed by atoms with Crippen molar-refractivity contribution >= 4 is 11.5 Å². The van der Waals surface area contributed by atoms with Crippen molar-refractivity contribution in [1.82, 2.24) is 5.32 Å². The first kappa shape index (κ1) is 13.0. The Bertz CT molecular complexity index is 613. The Balaban J connectivity index is 2.60. The number of nitrogens with one attached hydrogen (secondary N) is 1. The molecule has 4 nitrogen and oxygen atoms in total. The highest BCUT2D eigenvalue weighted by Gasteiger charge is 2.18. The average molecular weight is 256 g/mol. The number of carbonyl (C=O) groups excluding carboxylic acids is 1. The molecule has 19 heavy (non-hydrogen) atoms. The quantitative estimate of drug-likeness (QED) is 0.706. The molecule has 4 heteroatoms. The molecule has 0 fully saturated rings. The van der Waals surface area contributed by atoms with Crippen molar-refractivity contribution < 1.29 is 9.90 Å². The lowest BCUT2D eigenvalue weighted by molar-refractivity contribution is -0.119. The number of nitrogens with two attached hydrogens (primary N) is 1. The molecule has 0 bridgehead atoms. The highest BCUT2D eigenvalue weighted by Crippen LogP contribution is 2.28. The standard InChI is InChI=1S/C15H16N2O2/c1-3-11(16)8-14-9(2)13-5-4-12(18)6-10(13)7-15(19)17-14/h3-6,8,18H,1,7,16H2,2H3,(H,17,19)/b11-8+. The zero-order valence-electron chi connectivity index (χ0n) is 10.7. The highest BCUT2D eigenvalue weighted by atomic mass is 16.3. The van der Waals surface area contributed by atoms with Crippen molar-refractivity contribution in [1.29, 1.82) is 0 Å². The summed E-state index contributed by atoms with van der Waals surface area (Å²) in [5.74, 6) is 0.0239. The van der Waals surface area contributed by atoms with E-state index in [0.29, 0.717) is 11.4 Å². The highest BCUT2D eigenvalue weighted by molar-refractivity contribution is 5.88. The first-order valence-electron chi connectivity index (χ1n) is 5.94. The first-order valence-corrected chi connectivity index (χ1v) is 5.94. The molecule has 0 radical (unpaired) electrons. The van der Waals surface area contributed by atoms with Gasteiger partial charge >= 0.3 is 0 Å². The van der Waals surface area contributed by atoms with E-state index in [1.54, 1.807) is 24.3 Å². The Morgan fingerprint density at radius 2 is 2.26 bits per heavy atom. The zero-order valence-corrected chi connectivity index (χ0v) is 10.7. The van der Waals surface area contributed by atoms with Gasteiger partial charge in [-0.25, -0.2) is 0 Å². The molecule has 98 valence electrons. The summed E-state index contributed by atoms with van der Waals surface area (Å²) in [4.78, 5) is 11.9. The van der Waals surface area contributed by atoms with Crippen LogP contribution in [0.25, 0.3) is 5.57 Å². The van der Waals surface area contributed by atoms with E-state index in [1.807, 2.05) is 6.92 Å². The number of rotatable bonds is 2. The predicted molar refractivity (Wildman–Crippen MR) is 75.0 cm³/mol. The third-order valence-electron chi connectivity index (χ3n) is 3.07. The maximum Gasteiger partial charge on any atom is 0.228 e. The zero-order chi connectivity index (χ0) is 14.0. The maximum atomic E-state index is 11.9. The number of aromatic hydroxyl groups is 1. The molecule has 0 spiro atoms. The average Bonchev–Trinajstić information content (AvgIpc) is 2.47. The fourth-order valence-corrected chi connectivity index (χ4v) is 2.07. The van der Waals surface area contributed by atoms with Crippen LogP contribution in [0.15, 0.2) is 48.3 Å². The number of carbonyl (C=O) groups is 1. The molecule has 1 heterocycles. The van der Waals surface area contributed by atoms with Crippen LogP contribution in [0.2, 0.25) is 0 Å². The van der Waals surface area contributed by atoms with Crippen LogP contribution in [0.1, 0.15) is 18.1 Å². The lowest BCUT2D eigenvalue weighted by Crippen LogP contribution is -2.22. The summed E-state index contributed by atoms with van der Waals surface area (Å²) in [5, 5.41) is 12.3. The Labute approximate surface area is 111 Å². The van der Waals surface area contributed by atoms with Crippen LogP contribution < -0.4 is 11.1 Å². The predicted octanol–water partition coefficient (Wildman–Crippen LogP) is 1.82. The van der Waals surface area contributed by atoms with Crippen molar-refractivity contribution in [2.45, 2.75) is 13.3 Å². The van der Waals surface area contributed by atoms with E-state index < -0.39 is 0 Å². The van der Waals surface area contributed by atoms with Crippen molar-refractivity contribution in [2.24, 2.45) is 5.73 Å². The van der Waals surface area contributed by atoms with Gasteiger partial charge in [-0.2, -0.15) is 0 Å². The van der Waals surface area contributed by atoms with Gasteiger partial charge in [-0.1, -0.05) is 12.6 Å². The minimum Gasteiger partial charge on any atom is -0.508 e. The Kier molecular flexibility index (Phi) is 3.42. The molecule has 1 aromatic rings. The molecule has 1 aromatic carbocycles. The van der Waals surface area contributed by atoms with Gasteiger partial charge in [0.2, 0.25) is 5.91 Å². The van der Waals surface area contributed by atoms with E-state index in [0.717, 1.165) is 16.7 Å². The van der Waals surface area contributed by atoms with Crippen molar-refractivity contribution in [2.75, 3.05) is 0 Å². The van der Waals surface area contributed by atoms with E-state index in [2.05, 4.69) is 11.9 Å². The van der Waals surface area contributed by atoms with Gasteiger partial charge in [0.1, 0.15) is 5.75 Å². The number of phenols is 1. The molecule has 0 unspecified atom stereocenters. The molecule has 0 aliphatic carbocycles. The lowest BCUT2D eigenvalue weighted by Gasteiger charge is -2.08. The summed E-state index contributed by atoms with van der Waals surface area (Å²) >= 11 is 0. The number of allylic oxidation sites excluding steroid dienone is 3. The van der Waals surface area contributed by atoms with E-state index in [4.69, 9.17) is 5.73 Å². The molecule has 0 saturated carbocycles. The van der Waals surface area contributed by atoms with Gasteiger partial charge in [0, 0.05) is 11.4 Å². The molecule has 0 atom stereocenters. The van der Waals surface area contributed by atoms with Gasteiger partial charge in [0.15, 0.2) is 0 Å². The van der Waals surface area contributed by atoms with Gasteiger partial charge in [-0.3, -0.25) is 4.79 Å². The normalized spacial score (nSPS) is 15.6. The van der Waals surface area contributed by atoms with Crippen LogP contribution in [0.4, 0.5) is 0 Å². The van der Waals surface area contributed by atoms with Crippen LogP contribution in [-0.2, 0) is 11.2 Å². The van der Waals surface area contributed by atoms with Gasteiger partial charge in [-0.15, -0.1) is 0 Å². The fourth-order valence-electron chi connectivity index (χ4n) is 2.07. The smallest absolute Gasteiger partial charge is 0.228 e. The summed E-state index contributed by atoms with van der Waals surface area (Å²) < 4.78 is 0. The number of amides is 1. The van der Waals surface area contributed by atoms with Crippen molar-refractivity contribution in [3.8, 4) is 5.75 Å². The second-order valence-corrected chi connectivity index (χ2v) is 4.45. The molecule has 0 aromatic heterocycles. The minimum atomic E-state index is -0.133. The van der Waals surface area contributed by atoms with Crippen LogP contribution in [0.3, 0.4) is 0 Å². The third-order valence-corrected chi connectivity index (χ3v) is 3.07. The summed E-state index contributed by atoms with van der Waals surface area (Å²) in [7, 11) is 0. The summed E-state index contributed by atoms with van der Waals surface area (Å²) in [6.07, 6.45) is 3.43. The minimum absolute atomic E-state index is 0.133. The van der Waals surface area contributed by atoms with Crippen molar-refractivity contribution in [3.05, 3.63) is 59.5 Å². The van der Waals surface area contributed by atoms with Crippen molar-refractivity contribution in [3.63, 3.8) is 0 Å². The SMILES string of the molecule is C=C/C(N)=C\C1=C(C)c2ccc(O)cc2CC(=O)N1. The van der Waals surface area contributed by atoms with E-state index >= 15 is 0 Å². The monoisotopic (exact) mass is 256 g/mol. The lowest BCUT2D eigenvalue weighted by atomic mass is 9.98. The second kappa shape index (κ2) is 5.02. The Morgan fingerprint density at radius 3 is 2.95 bits per heavy atom. The number of fused-ring (bicyclic) bond motifs is 1. The van der Waals surface area contributed by atoms with E-state index in [1.165, 1.54) is 6.08 Å². The summed E-state index contributed by atoms with van der Waals surface area (Å²) in [6, 6.07) is 5.02. The molecule has 2 rings (SSSR count). The van der Waals surface area contributed by atoms with E-state index in [-0.39, 0.29) is 18.1 Å². The van der Waals surface area contributed by atoms with Crippen LogP contribution in [-0.4, -0.2) is 11.0 Å². The van der Waals surface area contributed by atoms with Gasteiger partial charge in [0.25, 0.3) is 0 Å². The Morgan fingerprint density at radius 1 is 1.53 bits per heavy atom. The molecular formula is C15H16N2O2. The van der Waals surface area contributed by atoms with Gasteiger partial charge in [-0.05, 0) is 47.9 Å². The number of hydrogen-bond acceptors (Lipinski definition) is 3. The van der Waals surface area contributed by atoms with Crippen LogP contribution in [0.5, 0.6) is 5.75 Å². The van der Waals surface area contributed by atoms with Gasteiger partial charge in [0.05, 0.1) is 6.42 Å².